The van der Waals surface area contributed by atoms with Crippen molar-refractivity contribution in [3.05, 3.63) is 65.2 Å². The Bertz CT molecular complexity index is 997. The summed E-state index contributed by atoms with van der Waals surface area (Å²) in [5, 5.41) is 14.3. The molecule has 0 spiro atoms. The standard InChI is InChI=1S/C24H26N2O4/c1-29-21-7-3-6-18(23(21)27)22-17-5-2-4-16(17)19-14-15(8-9-20(19)25-22)24(28)26-10-12-30-13-11-26/h2-4,6-9,14,16-17,22,25,27H,5,10-13H2,1H3. The van der Waals surface area contributed by atoms with Gasteiger partial charge in [-0.05, 0) is 42.2 Å². The molecule has 6 heteroatoms. The number of rotatable bonds is 3. The summed E-state index contributed by atoms with van der Waals surface area (Å²) in [5.41, 5.74) is 3.71. The van der Waals surface area contributed by atoms with E-state index in [1.54, 1.807) is 13.2 Å². The molecule has 156 valence electrons. The number of benzene rings is 2. The molecule has 0 aromatic heterocycles. The van der Waals surface area contributed by atoms with Gasteiger partial charge in [0.1, 0.15) is 0 Å². The SMILES string of the molecule is COc1cccc(C2Nc3ccc(C(=O)N4CCOCC4)cc3C3C=CCC32)c1O. The van der Waals surface area contributed by atoms with E-state index in [1.807, 2.05) is 35.2 Å². The van der Waals surface area contributed by atoms with Crippen LogP contribution in [0.4, 0.5) is 5.69 Å². The summed E-state index contributed by atoms with van der Waals surface area (Å²) in [4.78, 5) is 14.8. The van der Waals surface area contributed by atoms with Crippen LogP contribution in [0.15, 0.2) is 48.6 Å². The van der Waals surface area contributed by atoms with Crippen molar-refractivity contribution >= 4 is 11.6 Å². The fraction of sp³-hybridized carbons (Fsp3) is 0.375. The van der Waals surface area contributed by atoms with Gasteiger partial charge in [0.15, 0.2) is 11.5 Å². The number of carbonyl (C=O) groups is 1. The Balaban J connectivity index is 1.49. The van der Waals surface area contributed by atoms with E-state index >= 15 is 0 Å². The Morgan fingerprint density at radius 3 is 2.83 bits per heavy atom. The minimum absolute atomic E-state index is 0.0339. The number of allylic oxidation sites excluding steroid dienone is 2. The molecule has 2 aliphatic heterocycles. The third-order valence-electron chi connectivity index (χ3n) is 6.49. The second-order valence-electron chi connectivity index (χ2n) is 8.08. The highest BCUT2D eigenvalue weighted by Crippen LogP contribution is 2.52. The molecule has 0 bridgehead atoms. The van der Waals surface area contributed by atoms with Crippen LogP contribution in [0.1, 0.15) is 39.9 Å². The zero-order valence-corrected chi connectivity index (χ0v) is 17.0. The number of para-hydroxylation sites is 1. The number of carbonyl (C=O) groups excluding carboxylic acids is 1. The van der Waals surface area contributed by atoms with Gasteiger partial charge in [0.05, 0.1) is 26.4 Å². The Morgan fingerprint density at radius 2 is 2.03 bits per heavy atom. The van der Waals surface area contributed by atoms with Crippen molar-refractivity contribution in [3.8, 4) is 11.5 Å². The van der Waals surface area contributed by atoms with Crippen molar-refractivity contribution < 1.29 is 19.4 Å². The van der Waals surface area contributed by atoms with E-state index in [0.29, 0.717) is 32.1 Å². The normalized spacial score (nSPS) is 24.7. The molecule has 5 rings (SSSR count). The van der Waals surface area contributed by atoms with Crippen LogP contribution in [0.5, 0.6) is 11.5 Å². The van der Waals surface area contributed by atoms with Crippen LogP contribution >= 0.6 is 0 Å². The Hall–Kier alpha value is -2.99. The van der Waals surface area contributed by atoms with Gasteiger partial charge >= 0.3 is 0 Å². The topological polar surface area (TPSA) is 71.0 Å². The fourth-order valence-corrected chi connectivity index (χ4v) is 4.94. The molecule has 0 saturated carbocycles. The summed E-state index contributed by atoms with van der Waals surface area (Å²) < 4.78 is 10.7. The highest BCUT2D eigenvalue weighted by Gasteiger charge is 2.39. The largest absolute Gasteiger partial charge is 0.504 e. The molecule has 2 aromatic rings. The molecule has 1 saturated heterocycles. The summed E-state index contributed by atoms with van der Waals surface area (Å²) in [5.74, 6) is 1.20. The van der Waals surface area contributed by atoms with Gasteiger partial charge in [0, 0.05) is 35.8 Å². The molecule has 3 atom stereocenters. The highest BCUT2D eigenvalue weighted by molar-refractivity contribution is 5.95. The Kier molecular flexibility index (Phi) is 4.87. The first-order valence-electron chi connectivity index (χ1n) is 10.5. The summed E-state index contributed by atoms with van der Waals surface area (Å²) in [6.45, 7) is 2.46. The predicted octanol–water partition coefficient (Wildman–Crippen LogP) is 3.70. The summed E-state index contributed by atoms with van der Waals surface area (Å²) in [7, 11) is 1.56. The van der Waals surface area contributed by atoms with Crippen molar-refractivity contribution in [3.63, 3.8) is 0 Å². The molecule has 2 N–H and O–H groups in total. The van der Waals surface area contributed by atoms with E-state index < -0.39 is 0 Å². The van der Waals surface area contributed by atoms with E-state index in [-0.39, 0.29) is 29.5 Å². The van der Waals surface area contributed by atoms with E-state index in [9.17, 15) is 9.90 Å². The van der Waals surface area contributed by atoms with Gasteiger partial charge in [0.25, 0.3) is 5.91 Å². The summed E-state index contributed by atoms with van der Waals surface area (Å²) >= 11 is 0. The summed E-state index contributed by atoms with van der Waals surface area (Å²) in [6.07, 6.45) is 5.35. The fourth-order valence-electron chi connectivity index (χ4n) is 4.94. The number of nitrogens with one attached hydrogen (secondary N) is 1. The van der Waals surface area contributed by atoms with Gasteiger partial charge in [-0.25, -0.2) is 0 Å². The lowest BCUT2D eigenvalue weighted by molar-refractivity contribution is 0.0303. The molecule has 30 heavy (non-hydrogen) atoms. The molecular weight excluding hydrogens is 380 g/mol. The molecule has 2 heterocycles. The maximum absolute atomic E-state index is 13.0. The van der Waals surface area contributed by atoms with E-state index in [4.69, 9.17) is 9.47 Å². The minimum Gasteiger partial charge on any atom is -0.504 e. The van der Waals surface area contributed by atoms with E-state index in [1.165, 1.54) is 0 Å². The van der Waals surface area contributed by atoms with Crippen molar-refractivity contribution in [2.75, 3.05) is 38.7 Å². The molecular formula is C24H26N2O4. The van der Waals surface area contributed by atoms with Crippen LogP contribution in [0.25, 0.3) is 0 Å². The van der Waals surface area contributed by atoms with Crippen LogP contribution in [0.2, 0.25) is 0 Å². The number of fused-ring (bicyclic) bond motifs is 3. The number of methoxy groups -OCH3 is 1. The van der Waals surface area contributed by atoms with Gasteiger partial charge in [0.2, 0.25) is 0 Å². The van der Waals surface area contributed by atoms with E-state index in [2.05, 4.69) is 17.5 Å². The number of amides is 1. The number of phenolic OH excluding ortho intramolecular Hbond substituents is 1. The van der Waals surface area contributed by atoms with Crippen LogP contribution in [-0.2, 0) is 4.74 Å². The average molecular weight is 406 g/mol. The lowest BCUT2D eigenvalue weighted by atomic mass is 9.76. The number of phenols is 1. The first-order valence-corrected chi connectivity index (χ1v) is 10.5. The van der Waals surface area contributed by atoms with E-state index in [0.717, 1.165) is 28.8 Å². The van der Waals surface area contributed by atoms with Crippen molar-refractivity contribution in [1.29, 1.82) is 0 Å². The maximum atomic E-state index is 13.0. The zero-order chi connectivity index (χ0) is 20.7. The quantitative estimate of drug-likeness (QED) is 0.761. The van der Waals surface area contributed by atoms with Crippen molar-refractivity contribution in [2.45, 2.75) is 18.4 Å². The number of hydrogen-bond donors (Lipinski definition) is 2. The maximum Gasteiger partial charge on any atom is 0.254 e. The smallest absolute Gasteiger partial charge is 0.254 e. The van der Waals surface area contributed by atoms with Crippen molar-refractivity contribution in [1.82, 2.24) is 4.90 Å². The third-order valence-corrected chi connectivity index (χ3v) is 6.49. The molecule has 2 aromatic carbocycles. The van der Waals surface area contributed by atoms with Gasteiger partial charge in [-0.15, -0.1) is 0 Å². The van der Waals surface area contributed by atoms with Crippen LogP contribution in [-0.4, -0.2) is 49.3 Å². The van der Waals surface area contributed by atoms with Crippen LogP contribution < -0.4 is 10.1 Å². The van der Waals surface area contributed by atoms with Crippen LogP contribution in [0.3, 0.4) is 0 Å². The molecule has 1 fully saturated rings. The Labute approximate surface area is 176 Å². The number of anilines is 1. The molecule has 0 radical (unpaired) electrons. The molecule has 3 aliphatic rings. The van der Waals surface area contributed by atoms with Gasteiger partial charge in [-0.2, -0.15) is 0 Å². The zero-order valence-electron chi connectivity index (χ0n) is 17.0. The molecule has 1 amide bonds. The predicted molar refractivity (Wildman–Crippen MR) is 114 cm³/mol. The minimum atomic E-state index is -0.0339. The second-order valence-corrected chi connectivity index (χ2v) is 8.08. The molecule has 3 unspecified atom stereocenters. The first-order chi connectivity index (χ1) is 14.7. The molecule has 6 nitrogen and oxygen atoms in total. The highest BCUT2D eigenvalue weighted by atomic mass is 16.5. The average Bonchev–Trinajstić information content (AvgIpc) is 3.29. The summed E-state index contributed by atoms with van der Waals surface area (Å²) in [6, 6.07) is 11.5. The lowest BCUT2D eigenvalue weighted by Crippen LogP contribution is -2.40. The number of ether oxygens (including phenoxy) is 2. The number of nitrogens with zero attached hydrogens (tertiary/aromatic N) is 1. The second kappa shape index (κ2) is 7.69. The van der Waals surface area contributed by atoms with Gasteiger partial charge < -0.3 is 24.8 Å². The van der Waals surface area contributed by atoms with Crippen molar-refractivity contribution in [2.24, 2.45) is 5.92 Å². The lowest BCUT2D eigenvalue weighted by Gasteiger charge is -2.38. The molecule has 1 aliphatic carbocycles. The van der Waals surface area contributed by atoms with Gasteiger partial charge in [-0.3, -0.25) is 4.79 Å². The first kappa shape index (κ1) is 19.0. The third kappa shape index (κ3) is 3.12. The van der Waals surface area contributed by atoms with Gasteiger partial charge in [-0.1, -0.05) is 24.3 Å². The number of aromatic hydroxyl groups is 1. The number of hydrogen-bond acceptors (Lipinski definition) is 5. The Morgan fingerprint density at radius 1 is 1.20 bits per heavy atom. The monoisotopic (exact) mass is 406 g/mol. The number of morpholine rings is 1. The van der Waals surface area contributed by atoms with Crippen LogP contribution in [0, 0.1) is 5.92 Å².